The predicted molar refractivity (Wildman–Crippen MR) is 58.4 cm³/mol. The van der Waals surface area contributed by atoms with Crippen LogP contribution in [-0.2, 0) is 9.84 Å². The van der Waals surface area contributed by atoms with E-state index in [1.807, 2.05) is 0 Å². The van der Waals surface area contributed by atoms with E-state index in [9.17, 15) is 21.6 Å². The molecule has 1 rings (SSSR count). The number of sulfone groups is 1. The zero-order valence-corrected chi connectivity index (χ0v) is 10.2. The molecule has 1 saturated heterocycles. The third-order valence-corrected chi connectivity index (χ3v) is 4.56. The minimum Gasteiger partial charge on any atom is -0.330 e. The standard InChI is InChI=1S/C9H17F3N2O2S/c10-9(11,12)8(2-3-13)14-4-1-6-17(15,16)7-5-14/h8H,1-7,13H2. The minimum atomic E-state index is -4.35. The van der Waals surface area contributed by atoms with Crippen molar-refractivity contribution in [3.05, 3.63) is 0 Å². The van der Waals surface area contributed by atoms with Crippen LogP contribution in [0.5, 0.6) is 0 Å². The van der Waals surface area contributed by atoms with Gasteiger partial charge in [0.15, 0.2) is 9.84 Å². The van der Waals surface area contributed by atoms with E-state index < -0.39 is 22.1 Å². The lowest BCUT2D eigenvalue weighted by atomic mass is 10.1. The SMILES string of the molecule is NCCC(N1CCCS(=O)(=O)CC1)C(F)(F)F. The fraction of sp³-hybridized carbons (Fsp3) is 1.00. The van der Waals surface area contributed by atoms with E-state index in [0.29, 0.717) is 0 Å². The largest absolute Gasteiger partial charge is 0.404 e. The maximum atomic E-state index is 12.8. The Hall–Kier alpha value is -0.340. The van der Waals surface area contributed by atoms with Gasteiger partial charge in [0.25, 0.3) is 0 Å². The van der Waals surface area contributed by atoms with E-state index >= 15 is 0 Å². The predicted octanol–water partition coefficient (Wildman–Crippen LogP) is 0.387. The van der Waals surface area contributed by atoms with Gasteiger partial charge in [0, 0.05) is 6.54 Å². The Labute approximate surface area is 98.9 Å². The zero-order chi connectivity index (χ0) is 13.1. The van der Waals surface area contributed by atoms with Crippen LogP contribution in [0.2, 0.25) is 0 Å². The second kappa shape index (κ2) is 5.53. The Morgan fingerprint density at radius 2 is 1.88 bits per heavy atom. The molecule has 0 radical (unpaired) electrons. The number of nitrogens with two attached hydrogens (primary N) is 1. The first kappa shape index (κ1) is 14.7. The highest BCUT2D eigenvalue weighted by Crippen LogP contribution is 2.27. The molecule has 0 spiro atoms. The molecule has 1 aliphatic rings. The van der Waals surface area contributed by atoms with Gasteiger partial charge in [0.2, 0.25) is 0 Å². The number of alkyl halides is 3. The van der Waals surface area contributed by atoms with Crippen molar-refractivity contribution in [2.75, 3.05) is 31.1 Å². The molecule has 17 heavy (non-hydrogen) atoms. The first-order valence-electron chi connectivity index (χ1n) is 5.47. The normalized spacial score (nSPS) is 24.2. The number of rotatable bonds is 3. The van der Waals surface area contributed by atoms with Gasteiger partial charge in [-0.3, -0.25) is 4.90 Å². The molecule has 0 aliphatic carbocycles. The molecule has 8 heteroatoms. The molecular formula is C9H17F3N2O2S. The molecule has 0 aromatic heterocycles. The molecule has 4 nitrogen and oxygen atoms in total. The molecule has 0 aromatic rings. The summed E-state index contributed by atoms with van der Waals surface area (Å²) in [6.07, 6.45) is -4.30. The van der Waals surface area contributed by atoms with Crippen LogP contribution in [0.3, 0.4) is 0 Å². The molecule has 0 amide bonds. The molecule has 1 heterocycles. The molecule has 1 unspecified atom stereocenters. The lowest BCUT2D eigenvalue weighted by molar-refractivity contribution is -0.184. The monoisotopic (exact) mass is 274 g/mol. The molecule has 1 atom stereocenters. The van der Waals surface area contributed by atoms with E-state index in [4.69, 9.17) is 5.73 Å². The summed E-state index contributed by atoms with van der Waals surface area (Å²) >= 11 is 0. The fourth-order valence-electron chi connectivity index (χ4n) is 1.98. The minimum absolute atomic E-state index is 0.0310. The molecule has 0 bridgehead atoms. The Bertz CT molecular complexity index is 343. The van der Waals surface area contributed by atoms with Crippen LogP contribution in [0.15, 0.2) is 0 Å². The molecule has 0 saturated carbocycles. The van der Waals surface area contributed by atoms with Crippen molar-refractivity contribution in [3.8, 4) is 0 Å². The van der Waals surface area contributed by atoms with Crippen molar-refractivity contribution in [2.24, 2.45) is 5.73 Å². The number of hydrogen-bond acceptors (Lipinski definition) is 4. The van der Waals surface area contributed by atoms with Gasteiger partial charge in [-0.1, -0.05) is 0 Å². The first-order valence-corrected chi connectivity index (χ1v) is 7.29. The van der Waals surface area contributed by atoms with Crippen LogP contribution in [0.25, 0.3) is 0 Å². The third-order valence-electron chi connectivity index (χ3n) is 2.85. The quantitative estimate of drug-likeness (QED) is 0.808. The van der Waals surface area contributed by atoms with Gasteiger partial charge in [-0.05, 0) is 25.9 Å². The summed E-state index contributed by atoms with van der Waals surface area (Å²) in [7, 11) is -3.19. The van der Waals surface area contributed by atoms with E-state index in [1.54, 1.807) is 0 Å². The average molecular weight is 274 g/mol. The van der Waals surface area contributed by atoms with Crippen LogP contribution in [0.4, 0.5) is 13.2 Å². The molecule has 2 N–H and O–H groups in total. The van der Waals surface area contributed by atoms with Crippen molar-refractivity contribution in [3.63, 3.8) is 0 Å². The van der Waals surface area contributed by atoms with Crippen molar-refractivity contribution in [1.29, 1.82) is 0 Å². The molecule has 0 aromatic carbocycles. The Kier molecular flexibility index (Phi) is 4.79. The topological polar surface area (TPSA) is 63.4 Å². The van der Waals surface area contributed by atoms with Gasteiger partial charge < -0.3 is 5.73 Å². The summed E-state index contributed by atoms with van der Waals surface area (Å²) in [5.41, 5.74) is 5.18. The van der Waals surface area contributed by atoms with Gasteiger partial charge >= 0.3 is 6.18 Å². The maximum Gasteiger partial charge on any atom is 0.404 e. The van der Waals surface area contributed by atoms with Crippen LogP contribution >= 0.6 is 0 Å². The van der Waals surface area contributed by atoms with E-state index in [-0.39, 0.29) is 44.0 Å². The highest BCUT2D eigenvalue weighted by Gasteiger charge is 2.43. The lowest BCUT2D eigenvalue weighted by Gasteiger charge is -2.31. The van der Waals surface area contributed by atoms with Gasteiger partial charge in [0.05, 0.1) is 11.5 Å². The van der Waals surface area contributed by atoms with Crippen LogP contribution in [-0.4, -0.2) is 56.7 Å². The summed E-state index contributed by atoms with van der Waals surface area (Å²) in [6, 6.07) is -1.62. The molecule has 1 aliphatic heterocycles. The van der Waals surface area contributed by atoms with Gasteiger partial charge in [-0.2, -0.15) is 13.2 Å². The van der Waals surface area contributed by atoms with E-state index in [1.165, 1.54) is 4.90 Å². The Morgan fingerprint density at radius 3 is 2.41 bits per heavy atom. The highest BCUT2D eigenvalue weighted by molar-refractivity contribution is 7.91. The van der Waals surface area contributed by atoms with Crippen molar-refractivity contribution >= 4 is 9.84 Å². The summed E-state index contributed by atoms with van der Waals surface area (Å²) in [5, 5.41) is 0. The van der Waals surface area contributed by atoms with E-state index in [0.717, 1.165) is 0 Å². The smallest absolute Gasteiger partial charge is 0.330 e. The summed E-state index contributed by atoms with van der Waals surface area (Å²) in [5.74, 6) is -0.235. The second-order valence-corrected chi connectivity index (χ2v) is 6.48. The summed E-state index contributed by atoms with van der Waals surface area (Å²) < 4.78 is 60.9. The molecule has 102 valence electrons. The molecule has 1 fully saturated rings. The third kappa shape index (κ3) is 4.44. The van der Waals surface area contributed by atoms with Gasteiger partial charge in [-0.25, -0.2) is 8.42 Å². The van der Waals surface area contributed by atoms with E-state index in [2.05, 4.69) is 0 Å². The van der Waals surface area contributed by atoms with Crippen molar-refractivity contribution in [2.45, 2.75) is 25.1 Å². The van der Waals surface area contributed by atoms with Gasteiger partial charge in [-0.15, -0.1) is 0 Å². The average Bonchev–Trinajstić information content (AvgIpc) is 2.34. The first-order chi connectivity index (χ1) is 7.76. The Balaban J connectivity index is 2.75. The second-order valence-electron chi connectivity index (χ2n) is 4.18. The van der Waals surface area contributed by atoms with Crippen LogP contribution in [0, 0.1) is 0 Å². The highest BCUT2D eigenvalue weighted by atomic mass is 32.2. The summed E-state index contributed by atoms with van der Waals surface area (Å²) in [4.78, 5) is 1.19. The van der Waals surface area contributed by atoms with Crippen molar-refractivity contribution < 1.29 is 21.6 Å². The van der Waals surface area contributed by atoms with Crippen LogP contribution in [0.1, 0.15) is 12.8 Å². The van der Waals surface area contributed by atoms with Gasteiger partial charge in [0.1, 0.15) is 6.04 Å². The fourth-order valence-corrected chi connectivity index (χ4v) is 3.27. The number of hydrogen-bond donors (Lipinski definition) is 1. The Morgan fingerprint density at radius 1 is 1.24 bits per heavy atom. The van der Waals surface area contributed by atoms with Crippen molar-refractivity contribution in [1.82, 2.24) is 4.90 Å². The zero-order valence-electron chi connectivity index (χ0n) is 9.41. The lowest BCUT2D eigenvalue weighted by Crippen LogP contribution is -2.47. The maximum absolute atomic E-state index is 12.8. The number of nitrogens with zero attached hydrogens (tertiary/aromatic N) is 1. The molecular weight excluding hydrogens is 257 g/mol. The summed E-state index contributed by atoms with van der Waals surface area (Å²) in [6.45, 7) is 0.0311. The van der Waals surface area contributed by atoms with Crippen LogP contribution < -0.4 is 5.73 Å². The number of halogens is 3.